The first-order valence-electron chi connectivity index (χ1n) is 10.9. The minimum absolute atomic E-state index is 0.0253. The van der Waals surface area contributed by atoms with Gasteiger partial charge in [0.15, 0.2) is 11.6 Å². The van der Waals surface area contributed by atoms with Gasteiger partial charge in [-0.25, -0.2) is 4.39 Å². The van der Waals surface area contributed by atoms with E-state index in [1.807, 2.05) is 47.4 Å². The number of piperazine rings is 1. The van der Waals surface area contributed by atoms with E-state index >= 15 is 0 Å². The van der Waals surface area contributed by atoms with Crippen LogP contribution in [0.2, 0.25) is 0 Å². The van der Waals surface area contributed by atoms with Gasteiger partial charge in [-0.15, -0.1) is 0 Å². The van der Waals surface area contributed by atoms with Gasteiger partial charge in [-0.2, -0.15) is 5.26 Å². The average Bonchev–Trinajstić information content (AvgIpc) is 2.83. The lowest BCUT2D eigenvalue weighted by atomic mass is 9.96. The van der Waals surface area contributed by atoms with Crippen molar-refractivity contribution in [1.29, 1.82) is 5.26 Å². The Morgan fingerprint density at radius 2 is 1.81 bits per heavy atom. The summed E-state index contributed by atoms with van der Waals surface area (Å²) in [5.74, 6) is -0.161. The average molecular weight is 432 g/mol. The van der Waals surface area contributed by atoms with Crippen molar-refractivity contribution in [2.45, 2.75) is 12.8 Å². The van der Waals surface area contributed by atoms with Crippen molar-refractivity contribution in [3.8, 4) is 22.9 Å². The van der Waals surface area contributed by atoms with Gasteiger partial charge in [-0.05, 0) is 47.5 Å². The first-order chi connectivity index (χ1) is 15.6. The Bertz CT molecular complexity index is 1160. The van der Waals surface area contributed by atoms with Gasteiger partial charge in [-0.1, -0.05) is 36.4 Å². The quantitative estimate of drug-likeness (QED) is 0.530. The third-order valence-corrected chi connectivity index (χ3v) is 6.01. The molecule has 1 amide bonds. The van der Waals surface area contributed by atoms with E-state index in [9.17, 15) is 9.18 Å². The molecule has 0 N–H and O–H groups in total. The molecule has 164 valence electrons. The highest BCUT2D eigenvalue weighted by Crippen LogP contribution is 2.36. The van der Waals surface area contributed by atoms with E-state index in [1.54, 1.807) is 6.07 Å². The number of methoxy groups -OCH3 is 1. The largest absolute Gasteiger partial charge is 0.493 e. The molecule has 4 rings (SSSR count). The number of ether oxygens (including phenoxy) is 1. The molecule has 0 aliphatic carbocycles. The van der Waals surface area contributed by atoms with E-state index in [4.69, 9.17) is 10.00 Å². The molecular weight excluding hydrogens is 405 g/mol. The third-order valence-electron chi connectivity index (χ3n) is 6.01. The molecule has 0 radical (unpaired) electrons. The van der Waals surface area contributed by atoms with Crippen molar-refractivity contribution in [2.75, 3.05) is 39.8 Å². The number of nitrogens with zero attached hydrogens (tertiary/aromatic N) is 3. The Kier molecular flexibility index (Phi) is 6.67. The normalized spacial score (nSPS) is 14.3. The lowest BCUT2D eigenvalue weighted by Crippen LogP contribution is -2.48. The lowest BCUT2D eigenvalue weighted by molar-refractivity contribution is 0.0636. The molecule has 0 bridgehead atoms. The fraction of sp³-hybridized carbons (Fsp3) is 0.308. The van der Waals surface area contributed by atoms with Crippen LogP contribution in [0.5, 0.6) is 5.75 Å². The summed E-state index contributed by atoms with van der Waals surface area (Å²) < 4.78 is 19.5. The molecule has 5 nitrogen and oxygen atoms in total. The molecule has 3 aromatic rings. The summed E-state index contributed by atoms with van der Waals surface area (Å²) in [4.78, 5) is 17.3. The van der Waals surface area contributed by atoms with Gasteiger partial charge in [-0.3, -0.25) is 9.69 Å². The standard InChI is InChI=1S/C26H26FN3O2/c1-32-25-23(8-5-9-24(25)27)22-7-4-6-19-18-20(10-11-21(19)22)26(31)30-16-14-29(15-17-30)13-3-2-12-28/h4-11,18H,2-3,13-17H2,1H3. The summed E-state index contributed by atoms with van der Waals surface area (Å²) >= 11 is 0. The Balaban J connectivity index is 1.55. The number of para-hydroxylation sites is 1. The number of carbonyl (C=O) groups excluding carboxylic acids is 1. The summed E-state index contributed by atoms with van der Waals surface area (Å²) in [6.07, 6.45) is 1.44. The van der Waals surface area contributed by atoms with Crippen molar-refractivity contribution in [2.24, 2.45) is 0 Å². The van der Waals surface area contributed by atoms with Gasteiger partial charge < -0.3 is 9.64 Å². The van der Waals surface area contributed by atoms with E-state index in [1.165, 1.54) is 13.2 Å². The predicted octanol–water partition coefficient (Wildman–Crippen LogP) is 4.72. The second-order valence-electron chi connectivity index (χ2n) is 7.96. The van der Waals surface area contributed by atoms with Crippen LogP contribution in [0.25, 0.3) is 21.9 Å². The molecule has 32 heavy (non-hydrogen) atoms. The minimum Gasteiger partial charge on any atom is -0.493 e. The lowest BCUT2D eigenvalue weighted by Gasteiger charge is -2.34. The van der Waals surface area contributed by atoms with Crippen molar-refractivity contribution >= 4 is 16.7 Å². The van der Waals surface area contributed by atoms with Crippen molar-refractivity contribution in [3.63, 3.8) is 0 Å². The fourth-order valence-electron chi connectivity index (χ4n) is 4.32. The highest BCUT2D eigenvalue weighted by atomic mass is 19.1. The van der Waals surface area contributed by atoms with Gasteiger partial charge >= 0.3 is 0 Å². The summed E-state index contributed by atoms with van der Waals surface area (Å²) in [6.45, 7) is 3.92. The Morgan fingerprint density at radius 1 is 1.06 bits per heavy atom. The van der Waals surface area contributed by atoms with Crippen molar-refractivity contribution < 1.29 is 13.9 Å². The van der Waals surface area contributed by atoms with Crippen molar-refractivity contribution in [3.05, 3.63) is 66.0 Å². The van der Waals surface area contributed by atoms with E-state index in [0.717, 1.165) is 42.4 Å². The number of amides is 1. The molecule has 1 aliphatic rings. The molecule has 0 unspecified atom stereocenters. The second kappa shape index (κ2) is 9.80. The van der Waals surface area contributed by atoms with Gasteiger partial charge in [0, 0.05) is 43.7 Å². The van der Waals surface area contributed by atoms with Crippen LogP contribution in [0, 0.1) is 17.1 Å². The summed E-state index contributed by atoms with van der Waals surface area (Å²) in [5, 5.41) is 10.6. The molecule has 1 heterocycles. The molecule has 3 aromatic carbocycles. The van der Waals surface area contributed by atoms with Crippen molar-refractivity contribution in [1.82, 2.24) is 9.80 Å². The molecule has 1 saturated heterocycles. The van der Waals surface area contributed by atoms with Crippen LogP contribution < -0.4 is 4.74 Å². The first-order valence-corrected chi connectivity index (χ1v) is 10.9. The first kappa shape index (κ1) is 21.8. The Hall–Kier alpha value is -3.43. The zero-order valence-corrected chi connectivity index (χ0v) is 18.2. The van der Waals surface area contributed by atoms with Gasteiger partial charge in [0.1, 0.15) is 0 Å². The number of halogens is 1. The van der Waals surface area contributed by atoms with Crippen LogP contribution in [-0.2, 0) is 0 Å². The molecule has 1 aliphatic heterocycles. The molecule has 0 spiro atoms. The fourth-order valence-corrected chi connectivity index (χ4v) is 4.32. The van der Waals surface area contributed by atoms with Gasteiger partial charge in [0.05, 0.1) is 13.2 Å². The third kappa shape index (κ3) is 4.44. The summed E-state index contributed by atoms with van der Waals surface area (Å²) in [7, 11) is 1.47. The highest BCUT2D eigenvalue weighted by Gasteiger charge is 2.22. The Labute approximate surface area is 187 Å². The number of benzene rings is 3. The maximum atomic E-state index is 14.2. The van der Waals surface area contributed by atoms with Crippen LogP contribution in [0.3, 0.4) is 0 Å². The SMILES string of the molecule is COc1c(F)cccc1-c1cccc2cc(C(=O)N3CCN(CCCC#N)CC3)ccc12. The minimum atomic E-state index is -0.402. The molecular formula is C26H26FN3O2. The van der Waals surface area contributed by atoms with E-state index < -0.39 is 5.82 Å². The summed E-state index contributed by atoms with van der Waals surface area (Å²) in [6, 6.07) is 18.6. The molecule has 0 aromatic heterocycles. The van der Waals surface area contributed by atoms with Gasteiger partial charge in [0.25, 0.3) is 5.91 Å². The molecule has 0 atom stereocenters. The topological polar surface area (TPSA) is 56.6 Å². The van der Waals surface area contributed by atoms with Crippen LogP contribution in [-0.4, -0.2) is 55.5 Å². The van der Waals surface area contributed by atoms with Crippen LogP contribution in [0.1, 0.15) is 23.2 Å². The predicted molar refractivity (Wildman–Crippen MR) is 123 cm³/mol. The number of hydrogen-bond acceptors (Lipinski definition) is 4. The van der Waals surface area contributed by atoms with E-state index in [2.05, 4.69) is 11.0 Å². The number of carbonyl (C=O) groups is 1. The number of hydrogen-bond donors (Lipinski definition) is 0. The van der Waals surface area contributed by atoms with Gasteiger partial charge in [0.2, 0.25) is 0 Å². The highest BCUT2D eigenvalue weighted by molar-refractivity contribution is 6.03. The van der Waals surface area contributed by atoms with E-state index in [-0.39, 0.29) is 11.7 Å². The zero-order valence-electron chi connectivity index (χ0n) is 18.2. The molecule has 0 saturated carbocycles. The second-order valence-corrected chi connectivity index (χ2v) is 7.96. The Morgan fingerprint density at radius 3 is 2.56 bits per heavy atom. The van der Waals surface area contributed by atoms with Crippen LogP contribution in [0.15, 0.2) is 54.6 Å². The zero-order chi connectivity index (χ0) is 22.5. The number of unbranched alkanes of at least 4 members (excludes halogenated alkanes) is 1. The smallest absolute Gasteiger partial charge is 0.253 e. The summed E-state index contributed by atoms with van der Waals surface area (Å²) in [5.41, 5.74) is 2.20. The number of rotatable bonds is 6. The number of nitriles is 1. The van der Waals surface area contributed by atoms with Crippen LogP contribution in [0.4, 0.5) is 4.39 Å². The number of fused-ring (bicyclic) bond motifs is 1. The van der Waals surface area contributed by atoms with Crippen LogP contribution >= 0.6 is 0 Å². The monoisotopic (exact) mass is 431 g/mol. The molecule has 1 fully saturated rings. The maximum Gasteiger partial charge on any atom is 0.253 e. The molecule has 6 heteroatoms. The van der Waals surface area contributed by atoms with E-state index in [0.29, 0.717) is 30.6 Å². The maximum absolute atomic E-state index is 14.2.